The number of nitrogens with zero attached hydrogens (tertiary/aromatic N) is 1. The molecule has 1 saturated heterocycles. The first-order chi connectivity index (χ1) is 11.3. The maximum Gasteiger partial charge on any atom is 0.449 e. The molecule has 9 heteroatoms. The molecule has 2 aromatic rings. The van der Waals surface area contributed by atoms with Gasteiger partial charge in [-0.05, 0) is 31.0 Å². The standard InChI is InChI=1S/C15H14F3N3O3/c16-15(17,18)14-20-11-2-1-9(7-10(11)13(23)21-14)19-12(22)8-3-5-24-6-4-8/h1-2,7-8H,3-6H2,(H,19,22)(H,20,21,23). The molecule has 2 N–H and O–H groups in total. The van der Waals surface area contributed by atoms with E-state index in [9.17, 15) is 22.8 Å². The van der Waals surface area contributed by atoms with Crippen molar-refractivity contribution in [1.29, 1.82) is 0 Å². The van der Waals surface area contributed by atoms with E-state index < -0.39 is 17.6 Å². The highest BCUT2D eigenvalue weighted by atomic mass is 19.4. The monoisotopic (exact) mass is 341 g/mol. The SMILES string of the molecule is O=C(Nc1ccc2nc(C(F)(F)F)[nH]c(=O)c2c1)C1CCOCC1. The molecule has 128 valence electrons. The Hall–Kier alpha value is -2.42. The van der Waals surface area contributed by atoms with Crippen LogP contribution in [-0.4, -0.2) is 29.1 Å². The molecule has 2 heterocycles. The van der Waals surface area contributed by atoms with Crippen molar-refractivity contribution in [3.63, 3.8) is 0 Å². The van der Waals surface area contributed by atoms with Crippen LogP contribution in [0.5, 0.6) is 0 Å². The second kappa shape index (κ2) is 6.23. The Balaban J connectivity index is 1.87. The number of aromatic nitrogens is 2. The Morgan fingerprint density at radius 2 is 2.00 bits per heavy atom. The van der Waals surface area contributed by atoms with Crippen LogP contribution in [0.4, 0.5) is 18.9 Å². The zero-order valence-corrected chi connectivity index (χ0v) is 12.4. The van der Waals surface area contributed by atoms with E-state index >= 15 is 0 Å². The van der Waals surface area contributed by atoms with Gasteiger partial charge in [0.05, 0.1) is 10.9 Å². The van der Waals surface area contributed by atoms with Crippen LogP contribution in [0.15, 0.2) is 23.0 Å². The normalized spacial score (nSPS) is 16.3. The van der Waals surface area contributed by atoms with Gasteiger partial charge in [0, 0.05) is 24.8 Å². The van der Waals surface area contributed by atoms with Crippen molar-refractivity contribution in [2.24, 2.45) is 5.92 Å². The average Bonchev–Trinajstić information content (AvgIpc) is 2.55. The summed E-state index contributed by atoms with van der Waals surface area (Å²) in [6, 6.07) is 4.02. The molecule has 3 rings (SSSR count). The van der Waals surface area contributed by atoms with Crippen molar-refractivity contribution in [3.05, 3.63) is 34.4 Å². The van der Waals surface area contributed by atoms with Gasteiger partial charge in [0.2, 0.25) is 11.7 Å². The van der Waals surface area contributed by atoms with Gasteiger partial charge in [0.15, 0.2) is 0 Å². The maximum atomic E-state index is 12.7. The zero-order valence-electron chi connectivity index (χ0n) is 12.4. The molecular formula is C15H14F3N3O3. The number of anilines is 1. The first kappa shape index (κ1) is 16.4. The number of benzene rings is 1. The largest absolute Gasteiger partial charge is 0.449 e. The number of fused-ring (bicyclic) bond motifs is 1. The van der Waals surface area contributed by atoms with E-state index in [-0.39, 0.29) is 22.7 Å². The van der Waals surface area contributed by atoms with Crippen molar-refractivity contribution in [3.8, 4) is 0 Å². The molecular weight excluding hydrogens is 327 g/mol. The molecule has 1 fully saturated rings. The summed E-state index contributed by atoms with van der Waals surface area (Å²) in [4.78, 5) is 29.1. The van der Waals surface area contributed by atoms with E-state index in [0.29, 0.717) is 31.7 Å². The number of H-pyrrole nitrogens is 1. The molecule has 0 atom stereocenters. The summed E-state index contributed by atoms with van der Waals surface area (Å²) in [6.45, 7) is 1.03. The topological polar surface area (TPSA) is 84.1 Å². The predicted octanol–water partition coefficient (Wildman–Crippen LogP) is 2.31. The van der Waals surface area contributed by atoms with Gasteiger partial charge >= 0.3 is 6.18 Å². The summed E-state index contributed by atoms with van der Waals surface area (Å²) in [5, 5.41) is 2.66. The number of aromatic amines is 1. The number of hydrogen-bond donors (Lipinski definition) is 2. The molecule has 1 aliphatic rings. The minimum atomic E-state index is -4.73. The van der Waals surface area contributed by atoms with E-state index in [4.69, 9.17) is 4.74 Å². The molecule has 6 nitrogen and oxygen atoms in total. The number of rotatable bonds is 2. The Kier molecular flexibility index (Phi) is 4.27. The van der Waals surface area contributed by atoms with Crippen molar-refractivity contribution < 1.29 is 22.7 Å². The van der Waals surface area contributed by atoms with Crippen molar-refractivity contribution in [2.45, 2.75) is 19.0 Å². The molecule has 24 heavy (non-hydrogen) atoms. The molecule has 0 aliphatic carbocycles. The summed E-state index contributed by atoms with van der Waals surface area (Å²) in [5.41, 5.74) is -0.657. The van der Waals surface area contributed by atoms with Gasteiger partial charge < -0.3 is 15.0 Å². The van der Waals surface area contributed by atoms with Gasteiger partial charge in [-0.25, -0.2) is 4.98 Å². The maximum absolute atomic E-state index is 12.7. The molecule has 1 amide bonds. The molecule has 1 aromatic carbocycles. The third-order valence-corrected chi connectivity index (χ3v) is 3.83. The Morgan fingerprint density at radius 1 is 1.29 bits per heavy atom. The zero-order chi connectivity index (χ0) is 17.3. The van der Waals surface area contributed by atoms with Gasteiger partial charge in [0.25, 0.3) is 5.56 Å². The number of halogens is 3. The van der Waals surface area contributed by atoms with Crippen molar-refractivity contribution >= 4 is 22.5 Å². The molecule has 0 unspecified atom stereocenters. The van der Waals surface area contributed by atoms with E-state index in [0.717, 1.165) is 0 Å². The fraction of sp³-hybridized carbons (Fsp3) is 0.400. The molecule has 1 aromatic heterocycles. The third-order valence-electron chi connectivity index (χ3n) is 3.83. The minimum absolute atomic E-state index is 0.0206. The first-order valence-corrected chi connectivity index (χ1v) is 7.34. The summed E-state index contributed by atoms with van der Waals surface area (Å²) >= 11 is 0. The van der Waals surface area contributed by atoms with Gasteiger partial charge in [-0.15, -0.1) is 0 Å². The number of carbonyl (C=O) groups is 1. The molecule has 0 bridgehead atoms. The van der Waals surface area contributed by atoms with Crippen LogP contribution in [0, 0.1) is 5.92 Å². The molecule has 0 spiro atoms. The average molecular weight is 341 g/mol. The van der Waals surface area contributed by atoms with Gasteiger partial charge in [-0.3, -0.25) is 9.59 Å². The summed E-state index contributed by atoms with van der Waals surface area (Å²) in [6.07, 6.45) is -3.52. The lowest BCUT2D eigenvalue weighted by atomic mass is 9.99. The van der Waals surface area contributed by atoms with Crippen LogP contribution in [0.2, 0.25) is 0 Å². The second-order valence-electron chi connectivity index (χ2n) is 5.52. The van der Waals surface area contributed by atoms with Crippen LogP contribution < -0.4 is 10.9 Å². The van der Waals surface area contributed by atoms with Gasteiger partial charge in [-0.1, -0.05) is 0 Å². The molecule has 0 saturated carbocycles. The lowest BCUT2D eigenvalue weighted by Gasteiger charge is -2.21. The van der Waals surface area contributed by atoms with E-state index in [2.05, 4.69) is 10.3 Å². The predicted molar refractivity (Wildman–Crippen MR) is 79.5 cm³/mol. The number of hydrogen-bond acceptors (Lipinski definition) is 4. The van der Waals surface area contributed by atoms with Crippen LogP contribution in [-0.2, 0) is 15.7 Å². The molecule has 1 aliphatic heterocycles. The fourth-order valence-electron chi connectivity index (χ4n) is 2.55. The van der Waals surface area contributed by atoms with E-state index in [1.165, 1.54) is 18.2 Å². The third kappa shape index (κ3) is 3.40. The second-order valence-corrected chi connectivity index (χ2v) is 5.52. The van der Waals surface area contributed by atoms with Crippen LogP contribution in [0.25, 0.3) is 10.9 Å². The van der Waals surface area contributed by atoms with Crippen LogP contribution in [0.3, 0.4) is 0 Å². The lowest BCUT2D eigenvalue weighted by Crippen LogP contribution is -2.28. The highest BCUT2D eigenvalue weighted by molar-refractivity contribution is 5.94. The molecule has 0 radical (unpaired) electrons. The number of nitrogens with one attached hydrogen (secondary N) is 2. The van der Waals surface area contributed by atoms with Gasteiger partial charge in [-0.2, -0.15) is 13.2 Å². The summed E-state index contributed by atoms with van der Waals surface area (Å²) in [5.74, 6) is -1.73. The Bertz CT molecular complexity index is 826. The Morgan fingerprint density at radius 3 is 2.67 bits per heavy atom. The van der Waals surface area contributed by atoms with Crippen molar-refractivity contribution in [1.82, 2.24) is 9.97 Å². The number of amides is 1. The lowest BCUT2D eigenvalue weighted by molar-refractivity contribution is -0.144. The minimum Gasteiger partial charge on any atom is -0.381 e. The summed E-state index contributed by atoms with van der Waals surface area (Å²) < 4.78 is 43.1. The highest BCUT2D eigenvalue weighted by Crippen LogP contribution is 2.26. The number of alkyl halides is 3. The van der Waals surface area contributed by atoms with Crippen LogP contribution in [0.1, 0.15) is 18.7 Å². The van der Waals surface area contributed by atoms with E-state index in [1.807, 2.05) is 0 Å². The first-order valence-electron chi connectivity index (χ1n) is 7.34. The van der Waals surface area contributed by atoms with Crippen LogP contribution >= 0.6 is 0 Å². The smallest absolute Gasteiger partial charge is 0.381 e. The van der Waals surface area contributed by atoms with Gasteiger partial charge in [0.1, 0.15) is 0 Å². The number of ether oxygens (including phenoxy) is 1. The highest BCUT2D eigenvalue weighted by Gasteiger charge is 2.34. The quantitative estimate of drug-likeness (QED) is 0.878. The number of carbonyl (C=O) groups excluding carboxylic acids is 1. The Labute approximate surface area is 134 Å². The fourth-order valence-corrected chi connectivity index (χ4v) is 2.55. The van der Waals surface area contributed by atoms with E-state index in [1.54, 1.807) is 4.98 Å². The van der Waals surface area contributed by atoms with Crippen molar-refractivity contribution in [2.75, 3.05) is 18.5 Å². The summed E-state index contributed by atoms with van der Waals surface area (Å²) in [7, 11) is 0.